The number of halogens is 1. The SMILES string of the molecule is CCCN(CCC)C(=O)Nc1cccc(Cl)c1C(=O)O. The maximum Gasteiger partial charge on any atom is 0.339 e. The summed E-state index contributed by atoms with van der Waals surface area (Å²) in [5, 5.41) is 11.9. The molecule has 0 heterocycles. The summed E-state index contributed by atoms with van der Waals surface area (Å²) in [7, 11) is 0. The van der Waals surface area contributed by atoms with Crippen molar-refractivity contribution >= 4 is 29.3 Å². The summed E-state index contributed by atoms with van der Waals surface area (Å²) in [6, 6.07) is 4.31. The maximum atomic E-state index is 12.2. The molecule has 0 aromatic heterocycles. The van der Waals surface area contributed by atoms with E-state index in [1.165, 1.54) is 12.1 Å². The third kappa shape index (κ3) is 4.13. The van der Waals surface area contributed by atoms with Crippen LogP contribution in [0.2, 0.25) is 5.02 Å². The van der Waals surface area contributed by atoms with Crippen molar-refractivity contribution in [2.45, 2.75) is 26.7 Å². The predicted molar refractivity (Wildman–Crippen MR) is 79.6 cm³/mol. The number of carboxylic acid groups (broad SMARTS) is 1. The van der Waals surface area contributed by atoms with E-state index in [1.54, 1.807) is 11.0 Å². The Morgan fingerprint density at radius 1 is 1.25 bits per heavy atom. The Morgan fingerprint density at radius 2 is 1.85 bits per heavy atom. The highest BCUT2D eigenvalue weighted by Crippen LogP contribution is 2.24. The molecule has 1 aromatic rings. The number of carbonyl (C=O) groups excluding carboxylic acids is 1. The smallest absolute Gasteiger partial charge is 0.339 e. The molecule has 6 heteroatoms. The Bertz CT molecular complexity index is 485. The molecule has 0 aliphatic heterocycles. The number of carbonyl (C=O) groups is 2. The number of benzene rings is 1. The zero-order chi connectivity index (χ0) is 15.1. The van der Waals surface area contributed by atoms with E-state index in [2.05, 4.69) is 5.32 Å². The van der Waals surface area contributed by atoms with Gasteiger partial charge < -0.3 is 15.3 Å². The average molecular weight is 299 g/mol. The number of nitrogens with zero attached hydrogens (tertiary/aromatic N) is 1. The van der Waals surface area contributed by atoms with Crippen LogP contribution in [0.1, 0.15) is 37.0 Å². The molecular weight excluding hydrogens is 280 g/mol. The number of carboxylic acids is 1. The minimum atomic E-state index is -1.16. The Kier molecular flexibility index (Phi) is 6.31. The molecule has 110 valence electrons. The van der Waals surface area contributed by atoms with Crippen LogP contribution in [0.25, 0.3) is 0 Å². The van der Waals surface area contributed by atoms with Crippen LogP contribution in [0.5, 0.6) is 0 Å². The summed E-state index contributed by atoms with van der Waals surface area (Å²) < 4.78 is 0. The number of hydrogen-bond acceptors (Lipinski definition) is 2. The largest absolute Gasteiger partial charge is 0.478 e. The second kappa shape index (κ2) is 7.75. The van der Waals surface area contributed by atoms with Gasteiger partial charge in [0.15, 0.2) is 0 Å². The summed E-state index contributed by atoms with van der Waals surface area (Å²) in [5.41, 5.74) is 0.127. The van der Waals surface area contributed by atoms with E-state index in [4.69, 9.17) is 16.7 Å². The van der Waals surface area contributed by atoms with Crippen molar-refractivity contribution in [3.63, 3.8) is 0 Å². The quantitative estimate of drug-likeness (QED) is 0.841. The number of hydrogen-bond donors (Lipinski definition) is 2. The van der Waals surface area contributed by atoms with E-state index < -0.39 is 5.97 Å². The van der Waals surface area contributed by atoms with Gasteiger partial charge in [-0.1, -0.05) is 31.5 Å². The molecule has 0 fully saturated rings. The van der Waals surface area contributed by atoms with Crippen molar-refractivity contribution in [2.75, 3.05) is 18.4 Å². The summed E-state index contributed by atoms with van der Waals surface area (Å²) in [6.45, 7) is 5.22. The molecule has 0 saturated heterocycles. The Hall–Kier alpha value is -1.75. The van der Waals surface area contributed by atoms with E-state index in [0.717, 1.165) is 12.8 Å². The molecular formula is C14H19ClN2O3. The standard InChI is InChI=1S/C14H19ClN2O3/c1-3-8-17(9-4-2)14(20)16-11-7-5-6-10(15)12(11)13(18)19/h5-7H,3-4,8-9H2,1-2H3,(H,16,20)(H,18,19). The van der Waals surface area contributed by atoms with Gasteiger partial charge in [-0.05, 0) is 25.0 Å². The lowest BCUT2D eigenvalue weighted by Crippen LogP contribution is -2.36. The molecule has 1 aromatic carbocycles. The zero-order valence-electron chi connectivity index (χ0n) is 11.6. The molecule has 2 amide bonds. The van der Waals surface area contributed by atoms with Crippen molar-refractivity contribution in [3.8, 4) is 0 Å². The third-order valence-electron chi connectivity index (χ3n) is 2.74. The van der Waals surface area contributed by atoms with Crippen molar-refractivity contribution < 1.29 is 14.7 Å². The van der Waals surface area contributed by atoms with Gasteiger partial charge in [-0.2, -0.15) is 0 Å². The fraction of sp³-hybridized carbons (Fsp3) is 0.429. The Balaban J connectivity index is 2.94. The topological polar surface area (TPSA) is 69.6 Å². The van der Waals surface area contributed by atoms with Gasteiger partial charge in [-0.15, -0.1) is 0 Å². The van der Waals surface area contributed by atoms with E-state index in [1.807, 2.05) is 13.8 Å². The summed E-state index contributed by atoms with van der Waals surface area (Å²) >= 11 is 5.86. The van der Waals surface area contributed by atoms with Gasteiger partial charge in [-0.25, -0.2) is 9.59 Å². The van der Waals surface area contributed by atoms with E-state index >= 15 is 0 Å². The first-order valence-corrected chi connectivity index (χ1v) is 6.96. The van der Waals surface area contributed by atoms with Crippen LogP contribution in [0.3, 0.4) is 0 Å². The minimum Gasteiger partial charge on any atom is -0.478 e. The second-order valence-corrected chi connectivity index (χ2v) is 4.79. The van der Waals surface area contributed by atoms with Crippen LogP contribution in [0.15, 0.2) is 18.2 Å². The van der Waals surface area contributed by atoms with Crippen molar-refractivity contribution in [2.24, 2.45) is 0 Å². The second-order valence-electron chi connectivity index (χ2n) is 4.38. The number of nitrogens with one attached hydrogen (secondary N) is 1. The van der Waals surface area contributed by atoms with Gasteiger partial charge in [0.2, 0.25) is 0 Å². The highest BCUT2D eigenvalue weighted by molar-refractivity contribution is 6.34. The normalized spacial score (nSPS) is 10.2. The number of aromatic carboxylic acids is 1. The third-order valence-corrected chi connectivity index (χ3v) is 3.06. The van der Waals surface area contributed by atoms with E-state index in [-0.39, 0.29) is 22.3 Å². The molecule has 0 saturated carbocycles. The van der Waals surface area contributed by atoms with Crippen LogP contribution in [-0.2, 0) is 0 Å². The number of urea groups is 1. The highest BCUT2D eigenvalue weighted by atomic mass is 35.5. The van der Waals surface area contributed by atoms with Gasteiger partial charge in [0.1, 0.15) is 5.56 Å². The Morgan fingerprint density at radius 3 is 2.35 bits per heavy atom. The van der Waals surface area contributed by atoms with Gasteiger partial charge in [0, 0.05) is 13.1 Å². The van der Waals surface area contributed by atoms with E-state index in [0.29, 0.717) is 13.1 Å². The molecule has 5 nitrogen and oxygen atoms in total. The van der Waals surface area contributed by atoms with Crippen LogP contribution < -0.4 is 5.32 Å². The predicted octanol–water partition coefficient (Wildman–Crippen LogP) is 3.69. The number of rotatable bonds is 6. The fourth-order valence-electron chi connectivity index (χ4n) is 1.89. The monoisotopic (exact) mass is 298 g/mol. The van der Waals surface area contributed by atoms with Gasteiger partial charge in [-0.3, -0.25) is 0 Å². The molecule has 0 spiro atoms. The van der Waals surface area contributed by atoms with Gasteiger partial charge >= 0.3 is 12.0 Å². The molecule has 0 aliphatic carbocycles. The van der Waals surface area contributed by atoms with Crippen LogP contribution in [0, 0.1) is 0 Å². The molecule has 0 atom stereocenters. The fourth-order valence-corrected chi connectivity index (χ4v) is 2.15. The lowest BCUT2D eigenvalue weighted by atomic mass is 10.2. The average Bonchev–Trinajstić information content (AvgIpc) is 2.38. The minimum absolute atomic E-state index is 0.0875. The summed E-state index contributed by atoms with van der Waals surface area (Å²) in [4.78, 5) is 25.0. The number of amides is 2. The van der Waals surface area contributed by atoms with Crippen molar-refractivity contribution in [3.05, 3.63) is 28.8 Å². The number of anilines is 1. The van der Waals surface area contributed by atoms with Gasteiger partial charge in [0.25, 0.3) is 0 Å². The highest BCUT2D eigenvalue weighted by Gasteiger charge is 2.18. The molecule has 0 unspecified atom stereocenters. The molecule has 0 aliphatic rings. The first-order valence-electron chi connectivity index (χ1n) is 6.59. The summed E-state index contributed by atoms with van der Waals surface area (Å²) in [5.74, 6) is -1.16. The summed E-state index contributed by atoms with van der Waals surface area (Å²) in [6.07, 6.45) is 1.68. The van der Waals surface area contributed by atoms with Gasteiger partial charge in [0.05, 0.1) is 10.7 Å². The van der Waals surface area contributed by atoms with Crippen LogP contribution >= 0.6 is 11.6 Å². The zero-order valence-corrected chi connectivity index (χ0v) is 12.4. The lowest BCUT2D eigenvalue weighted by molar-refractivity contribution is 0.0698. The lowest BCUT2D eigenvalue weighted by Gasteiger charge is -2.22. The first-order chi connectivity index (χ1) is 9.51. The molecule has 0 radical (unpaired) electrons. The van der Waals surface area contributed by atoms with Crippen LogP contribution in [-0.4, -0.2) is 35.1 Å². The molecule has 1 rings (SSSR count). The Labute approximate surface area is 123 Å². The van der Waals surface area contributed by atoms with E-state index in [9.17, 15) is 9.59 Å². The maximum absolute atomic E-state index is 12.2. The molecule has 0 bridgehead atoms. The molecule has 2 N–H and O–H groups in total. The van der Waals surface area contributed by atoms with Crippen molar-refractivity contribution in [1.29, 1.82) is 0 Å². The van der Waals surface area contributed by atoms with Crippen molar-refractivity contribution in [1.82, 2.24) is 4.90 Å². The molecule has 20 heavy (non-hydrogen) atoms. The van der Waals surface area contributed by atoms with Crippen LogP contribution in [0.4, 0.5) is 10.5 Å². The first kappa shape index (κ1) is 16.3.